The highest BCUT2D eigenvalue weighted by Gasteiger charge is 2.22. The van der Waals surface area contributed by atoms with E-state index in [-0.39, 0.29) is 11.4 Å². The van der Waals surface area contributed by atoms with Crippen LogP contribution in [0.15, 0.2) is 52.3 Å². The standard InChI is InChI=1S/C17H20IN3O4S/c1-3-21(4-2)26(24,25)15-8-9-17(23)20(11-15)12-16(22)19-14-7-5-6-13(18)10-14/h5-11H,3-4,12H2,1-2H3,(H,19,22). The van der Waals surface area contributed by atoms with Crippen molar-refractivity contribution in [3.63, 3.8) is 0 Å². The maximum Gasteiger partial charge on any atom is 0.251 e. The van der Waals surface area contributed by atoms with Crippen LogP contribution < -0.4 is 10.9 Å². The van der Waals surface area contributed by atoms with Crippen molar-refractivity contribution >= 4 is 44.2 Å². The van der Waals surface area contributed by atoms with Crippen LogP contribution in [-0.4, -0.2) is 36.3 Å². The maximum absolute atomic E-state index is 12.6. The van der Waals surface area contributed by atoms with Crippen molar-refractivity contribution in [3.05, 3.63) is 56.5 Å². The number of amides is 1. The third-order valence-electron chi connectivity index (χ3n) is 3.72. The quantitative estimate of drug-likeness (QED) is 0.604. The molecule has 0 aliphatic heterocycles. The molecule has 0 unspecified atom stereocenters. The van der Waals surface area contributed by atoms with Crippen LogP contribution in [0.2, 0.25) is 0 Å². The largest absolute Gasteiger partial charge is 0.325 e. The molecule has 0 aliphatic rings. The summed E-state index contributed by atoms with van der Waals surface area (Å²) in [5.41, 5.74) is 0.170. The third-order valence-corrected chi connectivity index (χ3v) is 6.43. The average molecular weight is 489 g/mol. The molecule has 26 heavy (non-hydrogen) atoms. The van der Waals surface area contributed by atoms with Gasteiger partial charge in [0, 0.05) is 34.6 Å². The normalized spacial score (nSPS) is 11.5. The lowest BCUT2D eigenvalue weighted by atomic mass is 10.3. The van der Waals surface area contributed by atoms with Gasteiger partial charge in [-0.1, -0.05) is 19.9 Å². The minimum atomic E-state index is -3.70. The fourth-order valence-corrected chi connectivity index (χ4v) is 4.44. The van der Waals surface area contributed by atoms with Crippen molar-refractivity contribution < 1.29 is 13.2 Å². The summed E-state index contributed by atoms with van der Waals surface area (Å²) in [6.07, 6.45) is 1.21. The highest BCUT2D eigenvalue weighted by atomic mass is 127. The number of aromatic nitrogens is 1. The molecule has 0 saturated heterocycles. The molecule has 1 aromatic carbocycles. The molecule has 0 saturated carbocycles. The van der Waals surface area contributed by atoms with Crippen LogP contribution in [0.3, 0.4) is 0 Å². The van der Waals surface area contributed by atoms with E-state index in [1.165, 1.54) is 16.6 Å². The van der Waals surface area contributed by atoms with Gasteiger partial charge in [-0.2, -0.15) is 4.31 Å². The van der Waals surface area contributed by atoms with Gasteiger partial charge in [-0.15, -0.1) is 0 Å². The number of sulfonamides is 1. The zero-order valence-corrected chi connectivity index (χ0v) is 17.5. The second-order valence-corrected chi connectivity index (χ2v) is 8.66. The molecule has 0 atom stereocenters. The molecule has 0 radical (unpaired) electrons. The number of hydrogen-bond donors (Lipinski definition) is 1. The number of carbonyl (C=O) groups excluding carboxylic acids is 1. The number of hydrogen-bond acceptors (Lipinski definition) is 4. The summed E-state index contributed by atoms with van der Waals surface area (Å²) in [6.45, 7) is 3.86. The Balaban J connectivity index is 2.25. The van der Waals surface area contributed by atoms with Crippen molar-refractivity contribution in [3.8, 4) is 0 Å². The molecule has 0 fully saturated rings. The summed E-state index contributed by atoms with van der Waals surface area (Å²) in [4.78, 5) is 24.2. The maximum atomic E-state index is 12.6. The molecular formula is C17H20IN3O4S. The Morgan fingerprint density at radius 3 is 2.50 bits per heavy atom. The fourth-order valence-electron chi connectivity index (χ4n) is 2.42. The molecular weight excluding hydrogens is 469 g/mol. The lowest BCUT2D eigenvalue weighted by Crippen LogP contribution is -2.33. The Hall–Kier alpha value is -1.72. The third kappa shape index (κ3) is 4.92. The number of carbonyl (C=O) groups is 1. The molecule has 140 valence electrons. The molecule has 2 rings (SSSR count). The second kappa shape index (κ2) is 8.78. The first kappa shape index (κ1) is 20.6. The summed E-state index contributed by atoms with van der Waals surface area (Å²) < 4.78 is 28.5. The predicted octanol–water partition coefficient (Wildman–Crippen LogP) is 2.12. The number of nitrogens with one attached hydrogen (secondary N) is 1. The lowest BCUT2D eigenvalue weighted by Gasteiger charge is -2.19. The van der Waals surface area contributed by atoms with Gasteiger partial charge in [0.25, 0.3) is 5.56 Å². The minimum absolute atomic E-state index is 0.0112. The summed E-state index contributed by atoms with van der Waals surface area (Å²) in [6, 6.07) is 9.66. The highest BCUT2D eigenvalue weighted by Crippen LogP contribution is 2.14. The summed E-state index contributed by atoms with van der Waals surface area (Å²) in [5, 5.41) is 2.70. The molecule has 0 bridgehead atoms. The first-order valence-corrected chi connectivity index (χ1v) is 10.6. The Bertz CT molecular complexity index is 952. The van der Waals surface area contributed by atoms with Crippen LogP contribution in [-0.2, 0) is 21.4 Å². The van der Waals surface area contributed by atoms with Crippen molar-refractivity contribution in [2.24, 2.45) is 0 Å². The van der Waals surface area contributed by atoms with E-state index >= 15 is 0 Å². The second-order valence-electron chi connectivity index (χ2n) is 5.48. The number of benzene rings is 1. The van der Waals surface area contributed by atoms with E-state index in [2.05, 4.69) is 27.9 Å². The van der Waals surface area contributed by atoms with E-state index in [1.54, 1.807) is 32.0 Å². The smallest absolute Gasteiger partial charge is 0.251 e. The van der Waals surface area contributed by atoms with Crippen LogP contribution in [0.1, 0.15) is 13.8 Å². The molecule has 2 aromatic rings. The predicted molar refractivity (Wildman–Crippen MR) is 109 cm³/mol. The van der Waals surface area contributed by atoms with Crippen LogP contribution in [0, 0.1) is 3.57 Å². The fraction of sp³-hybridized carbons (Fsp3) is 0.294. The van der Waals surface area contributed by atoms with E-state index in [9.17, 15) is 18.0 Å². The zero-order valence-electron chi connectivity index (χ0n) is 14.5. The first-order chi connectivity index (χ1) is 12.3. The Labute approximate surface area is 166 Å². The van der Waals surface area contributed by atoms with Gasteiger partial charge < -0.3 is 9.88 Å². The van der Waals surface area contributed by atoms with Crippen molar-refractivity contribution in [2.75, 3.05) is 18.4 Å². The van der Waals surface area contributed by atoms with E-state index in [4.69, 9.17) is 0 Å². The van der Waals surface area contributed by atoms with Crippen LogP contribution in [0.25, 0.3) is 0 Å². The molecule has 0 spiro atoms. The van der Waals surface area contributed by atoms with Gasteiger partial charge in [-0.25, -0.2) is 8.42 Å². The van der Waals surface area contributed by atoms with Crippen LogP contribution in [0.4, 0.5) is 5.69 Å². The molecule has 7 nitrogen and oxygen atoms in total. The van der Waals surface area contributed by atoms with E-state index in [0.717, 1.165) is 14.2 Å². The van der Waals surface area contributed by atoms with E-state index < -0.39 is 21.5 Å². The van der Waals surface area contributed by atoms with Crippen LogP contribution in [0.5, 0.6) is 0 Å². The lowest BCUT2D eigenvalue weighted by molar-refractivity contribution is -0.116. The monoisotopic (exact) mass is 489 g/mol. The van der Waals surface area contributed by atoms with Gasteiger partial charge in [-0.05, 0) is 46.9 Å². The van der Waals surface area contributed by atoms with Crippen molar-refractivity contribution in [1.29, 1.82) is 0 Å². The summed E-state index contributed by atoms with van der Waals surface area (Å²) in [5.74, 6) is -0.411. The minimum Gasteiger partial charge on any atom is -0.325 e. The van der Waals surface area contributed by atoms with Gasteiger partial charge in [0.1, 0.15) is 6.54 Å². The highest BCUT2D eigenvalue weighted by molar-refractivity contribution is 14.1. The van der Waals surface area contributed by atoms with Crippen molar-refractivity contribution in [1.82, 2.24) is 8.87 Å². The zero-order chi connectivity index (χ0) is 19.3. The Morgan fingerprint density at radius 2 is 1.88 bits per heavy atom. The van der Waals surface area contributed by atoms with E-state index in [1.807, 2.05) is 6.07 Å². The van der Waals surface area contributed by atoms with Crippen molar-refractivity contribution in [2.45, 2.75) is 25.3 Å². The van der Waals surface area contributed by atoms with Gasteiger partial charge in [-0.3, -0.25) is 9.59 Å². The SMILES string of the molecule is CCN(CC)S(=O)(=O)c1ccc(=O)n(CC(=O)Nc2cccc(I)c2)c1. The molecule has 9 heteroatoms. The number of pyridine rings is 1. The van der Waals surface area contributed by atoms with Crippen LogP contribution >= 0.6 is 22.6 Å². The van der Waals surface area contributed by atoms with E-state index in [0.29, 0.717) is 18.8 Å². The number of halogens is 1. The molecule has 1 heterocycles. The summed E-state index contributed by atoms with van der Waals surface area (Å²) in [7, 11) is -3.70. The number of rotatable bonds is 7. The van der Waals surface area contributed by atoms with Gasteiger partial charge in [0.05, 0.1) is 4.90 Å². The topological polar surface area (TPSA) is 88.5 Å². The number of anilines is 1. The molecule has 1 aromatic heterocycles. The average Bonchev–Trinajstić information content (AvgIpc) is 2.57. The van der Waals surface area contributed by atoms with Gasteiger partial charge in [0.15, 0.2) is 0 Å². The van der Waals surface area contributed by atoms with Gasteiger partial charge >= 0.3 is 0 Å². The Morgan fingerprint density at radius 1 is 1.19 bits per heavy atom. The number of nitrogens with zero attached hydrogens (tertiary/aromatic N) is 2. The van der Waals surface area contributed by atoms with Gasteiger partial charge in [0.2, 0.25) is 15.9 Å². The Kier molecular flexibility index (Phi) is 6.95. The molecule has 1 N–H and O–H groups in total. The first-order valence-electron chi connectivity index (χ1n) is 8.04. The molecule has 1 amide bonds. The summed E-state index contributed by atoms with van der Waals surface area (Å²) >= 11 is 2.13. The molecule has 0 aliphatic carbocycles.